The van der Waals surface area contributed by atoms with Crippen molar-refractivity contribution in [3.8, 4) is 11.5 Å². The number of hydrogen-bond donors (Lipinski definition) is 3. The number of allylic oxidation sites excluding steroid dienone is 3. The monoisotopic (exact) mass is 245 g/mol. The van der Waals surface area contributed by atoms with Gasteiger partial charge in [-0.25, -0.2) is 0 Å². The van der Waals surface area contributed by atoms with Gasteiger partial charge in [0.25, 0.3) is 0 Å². The number of hydrogen-bond acceptors (Lipinski definition) is 5. The summed E-state index contributed by atoms with van der Waals surface area (Å²) in [7, 11) is 0. The molecule has 2 rings (SSSR count). The van der Waals surface area contributed by atoms with Gasteiger partial charge in [-0.05, 0) is 18.6 Å². The fourth-order valence-corrected chi connectivity index (χ4v) is 1.93. The number of rotatable bonds is 2. The molecule has 4 N–H and O–H groups in total. The van der Waals surface area contributed by atoms with Crippen LogP contribution in [0.15, 0.2) is 36.1 Å². The second-order valence-corrected chi connectivity index (χ2v) is 3.90. The predicted octanol–water partition coefficient (Wildman–Crippen LogP) is 1.27. The Balaban J connectivity index is 2.76. The number of phenolic OH excluding ortho intramolecular Hbond substituents is 2. The van der Waals surface area contributed by atoms with Crippen LogP contribution in [-0.2, 0) is 0 Å². The molecule has 1 aromatic rings. The molecule has 0 unspecified atom stereocenters. The van der Waals surface area contributed by atoms with Crippen molar-refractivity contribution in [2.24, 2.45) is 5.73 Å². The molecule has 0 aromatic heterocycles. The first-order chi connectivity index (χ1) is 8.49. The zero-order valence-electron chi connectivity index (χ0n) is 9.43. The Kier molecular flexibility index (Phi) is 2.67. The predicted molar refractivity (Wildman–Crippen MR) is 64.5 cm³/mol. The Morgan fingerprint density at radius 1 is 1.11 bits per heavy atom. The zero-order valence-corrected chi connectivity index (χ0v) is 9.43. The second kappa shape index (κ2) is 4.03. The fraction of sp³-hybridized carbons (Fsp3) is 0.0769. The number of aromatic hydroxyl groups is 2. The van der Waals surface area contributed by atoms with E-state index in [-0.39, 0.29) is 40.3 Å². The fourth-order valence-electron chi connectivity index (χ4n) is 1.93. The summed E-state index contributed by atoms with van der Waals surface area (Å²) in [5.41, 5.74) is 5.03. The lowest BCUT2D eigenvalue weighted by Crippen LogP contribution is -2.26. The molecule has 0 atom stereocenters. The minimum Gasteiger partial charge on any atom is -0.507 e. The topological polar surface area (TPSA) is 101 Å². The summed E-state index contributed by atoms with van der Waals surface area (Å²) in [6.07, 6.45) is 1.57. The third kappa shape index (κ3) is 1.48. The van der Waals surface area contributed by atoms with Gasteiger partial charge in [-0.3, -0.25) is 9.59 Å². The highest BCUT2D eigenvalue weighted by atomic mass is 16.3. The van der Waals surface area contributed by atoms with Crippen LogP contribution in [-0.4, -0.2) is 21.8 Å². The summed E-state index contributed by atoms with van der Waals surface area (Å²) in [6, 6.07) is 2.30. The molecular formula is C13H11NO4. The molecule has 1 aliphatic rings. The Hall–Kier alpha value is -2.56. The van der Waals surface area contributed by atoms with Crippen LogP contribution in [0.2, 0.25) is 0 Å². The van der Waals surface area contributed by atoms with Crippen LogP contribution >= 0.6 is 0 Å². The van der Waals surface area contributed by atoms with E-state index in [0.717, 1.165) is 12.1 Å². The van der Waals surface area contributed by atoms with Gasteiger partial charge in [0.1, 0.15) is 11.5 Å². The van der Waals surface area contributed by atoms with Crippen molar-refractivity contribution in [1.29, 1.82) is 0 Å². The van der Waals surface area contributed by atoms with Crippen LogP contribution in [0, 0.1) is 0 Å². The molecule has 0 fully saturated rings. The quantitative estimate of drug-likeness (QED) is 0.538. The van der Waals surface area contributed by atoms with Crippen molar-refractivity contribution in [2.75, 3.05) is 0 Å². The van der Waals surface area contributed by atoms with Gasteiger partial charge in [0.2, 0.25) is 5.78 Å². The average molecular weight is 245 g/mol. The lowest BCUT2D eigenvalue weighted by Gasteiger charge is -2.19. The first-order valence-electron chi connectivity index (χ1n) is 5.22. The van der Waals surface area contributed by atoms with E-state index in [1.54, 1.807) is 0 Å². The first-order valence-corrected chi connectivity index (χ1v) is 5.22. The summed E-state index contributed by atoms with van der Waals surface area (Å²) in [6.45, 7) is 3.48. The van der Waals surface area contributed by atoms with Crippen molar-refractivity contribution in [2.45, 2.75) is 6.42 Å². The molecule has 1 aliphatic carbocycles. The largest absolute Gasteiger partial charge is 0.507 e. The number of carbonyl (C=O) groups is 2. The van der Waals surface area contributed by atoms with Gasteiger partial charge in [-0.1, -0.05) is 6.08 Å². The molecule has 0 spiro atoms. The maximum atomic E-state index is 12.1. The molecule has 18 heavy (non-hydrogen) atoms. The van der Waals surface area contributed by atoms with Crippen molar-refractivity contribution in [3.63, 3.8) is 0 Å². The smallest absolute Gasteiger partial charge is 0.213 e. The summed E-state index contributed by atoms with van der Waals surface area (Å²) < 4.78 is 0. The lowest BCUT2D eigenvalue weighted by atomic mass is 9.85. The van der Waals surface area contributed by atoms with Gasteiger partial charge >= 0.3 is 0 Å². The van der Waals surface area contributed by atoms with Gasteiger partial charge in [-0.15, -0.1) is 6.58 Å². The summed E-state index contributed by atoms with van der Waals surface area (Å²) in [4.78, 5) is 24.1. The van der Waals surface area contributed by atoms with Gasteiger partial charge in [-0.2, -0.15) is 0 Å². The van der Waals surface area contributed by atoms with Crippen LogP contribution in [0.4, 0.5) is 0 Å². The maximum absolute atomic E-state index is 12.1. The van der Waals surface area contributed by atoms with Crippen molar-refractivity contribution in [1.82, 2.24) is 0 Å². The molecule has 0 radical (unpaired) electrons. The molecule has 0 amide bonds. The van der Waals surface area contributed by atoms with E-state index < -0.39 is 11.6 Å². The highest BCUT2D eigenvalue weighted by molar-refractivity contribution is 6.28. The normalized spacial score (nSPS) is 14.7. The van der Waals surface area contributed by atoms with E-state index in [9.17, 15) is 19.8 Å². The minimum absolute atomic E-state index is 0.0865. The molecule has 0 saturated heterocycles. The van der Waals surface area contributed by atoms with E-state index in [4.69, 9.17) is 5.73 Å². The van der Waals surface area contributed by atoms with Gasteiger partial charge in [0.15, 0.2) is 5.78 Å². The average Bonchev–Trinajstić information content (AvgIpc) is 2.34. The summed E-state index contributed by atoms with van der Waals surface area (Å²) in [5.74, 6) is -1.94. The van der Waals surface area contributed by atoms with Crippen LogP contribution in [0.1, 0.15) is 27.1 Å². The van der Waals surface area contributed by atoms with Crippen molar-refractivity contribution >= 4 is 11.6 Å². The number of phenols is 2. The number of carbonyl (C=O) groups excluding carboxylic acids is 2. The number of benzene rings is 1. The molecule has 1 aromatic carbocycles. The first kappa shape index (κ1) is 11.9. The summed E-state index contributed by atoms with van der Waals surface area (Å²) in [5, 5.41) is 19.3. The van der Waals surface area contributed by atoms with E-state index in [0.29, 0.717) is 0 Å². The minimum atomic E-state index is -0.658. The third-order valence-corrected chi connectivity index (χ3v) is 2.81. The Morgan fingerprint density at radius 2 is 1.61 bits per heavy atom. The van der Waals surface area contributed by atoms with Gasteiger partial charge in [0.05, 0.1) is 16.8 Å². The number of fused-ring (bicyclic) bond motifs is 1. The van der Waals surface area contributed by atoms with Gasteiger partial charge < -0.3 is 15.9 Å². The maximum Gasteiger partial charge on any atom is 0.213 e. The standard InChI is InChI=1S/C13H11NO4/c1-2-3-6-11(14)13(18)10-8(16)5-4-7(15)9(10)12(6)17/h2,4-5,15-16H,1,3,14H2. The molecule has 0 heterocycles. The summed E-state index contributed by atoms with van der Waals surface area (Å²) >= 11 is 0. The second-order valence-electron chi connectivity index (χ2n) is 3.90. The van der Waals surface area contributed by atoms with Crippen LogP contribution in [0.5, 0.6) is 11.5 Å². The molecular weight excluding hydrogens is 234 g/mol. The molecule has 5 heteroatoms. The van der Waals surface area contributed by atoms with Crippen LogP contribution in [0.25, 0.3) is 0 Å². The molecule has 0 aliphatic heterocycles. The lowest BCUT2D eigenvalue weighted by molar-refractivity contribution is 0.0967. The van der Waals surface area contributed by atoms with Crippen molar-refractivity contribution < 1.29 is 19.8 Å². The highest BCUT2D eigenvalue weighted by Gasteiger charge is 2.34. The van der Waals surface area contributed by atoms with E-state index in [2.05, 4.69) is 6.58 Å². The van der Waals surface area contributed by atoms with E-state index in [1.807, 2.05) is 0 Å². The zero-order chi connectivity index (χ0) is 13.4. The highest BCUT2D eigenvalue weighted by Crippen LogP contribution is 2.36. The third-order valence-electron chi connectivity index (χ3n) is 2.81. The number of nitrogens with two attached hydrogens (primary N) is 1. The van der Waals surface area contributed by atoms with E-state index >= 15 is 0 Å². The Morgan fingerprint density at radius 3 is 2.11 bits per heavy atom. The Bertz CT molecular complexity index is 614. The van der Waals surface area contributed by atoms with Crippen LogP contribution in [0.3, 0.4) is 0 Å². The van der Waals surface area contributed by atoms with Crippen molar-refractivity contribution in [3.05, 3.63) is 47.2 Å². The molecule has 0 bridgehead atoms. The van der Waals surface area contributed by atoms with Crippen LogP contribution < -0.4 is 5.73 Å². The molecule has 5 nitrogen and oxygen atoms in total. The van der Waals surface area contributed by atoms with E-state index in [1.165, 1.54) is 6.08 Å². The molecule has 92 valence electrons. The number of ketones is 2. The molecule has 0 saturated carbocycles. The van der Waals surface area contributed by atoms with Gasteiger partial charge in [0, 0.05) is 5.57 Å². The number of Topliss-reactive ketones (excluding diaryl/α,β-unsaturated/α-hetero) is 2. The SMILES string of the molecule is C=CCC1=C(N)C(=O)c2c(O)ccc(O)c2C1=O. The Labute approximate surface area is 103 Å².